The van der Waals surface area contributed by atoms with Crippen LogP contribution in [0, 0.1) is 0 Å². The molecule has 0 fully saturated rings. The number of anilines is 1. The minimum absolute atomic E-state index is 0.122. The first-order chi connectivity index (χ1) is 13.2. The molecule has 1 aliphatic heterocycles. The van der Waals surface area contributed by atoms with E-state index >= 15 is 0 Å². The summed E-state index contributed by atoms with van der Waals surface area (Å²) in [6.07, 6.45) is 9.04. The number of nitrogens with one attached hydrogen (secondary N) is 1. The number of hydrogen-bond acceptors (Lipinski definition) is 3. The van der Waals surface area contributed by atoms with Gasteiger partial charge in [-0.3, -0.25) is 4.79 Å². The number of aryl methyl sites for hydroxylation is 2. The summed E-state index contributed by atoms with van der Waals surface area (Å²) < 4.78 is 0. The van der Waals surface area contributed by atoms with Gasteiger partial charge < -0.3 is 10.4 Å². The molecule has 2 aromatic rings. The van der Waals surface area contributed by atoms with Crippen LogP contribution in [0.1, 0.15) is 67.7 Å². The van der Waals surface area contributed by atoms with Gasteiger partial charge in [0.25, 0.3) is 0 Å². The van der Waals surface area contributed by atoms with Crippen molar-refractivity contribution in [3.8, 4) is 0 Å². The van der Waals surface area contributed by atoms with E-state index in [4.69, 9.17) is 4.98 Å². The van der Waals surface area contributed by atoms with Crippen molar-refractivity contribution in [2.75, 3.05) is 11.9 Å². The molecule has 4 heteroatoms. The zero-order chi connectivity index (χ0) is 18.9. The van der Waals surface area contributed by atoms with E-state index in [0.29, 0.717) is 0 Å². The first kappa shape index (κ1) is 19.4. The van der Waals surface area contributed by atoms with Crippen LogP contribution in [-0.2, 0) is 17.6 Å². The molecule has 1 aromatic carbocycles. The van der Waals surface area contributed by atoms with E-state index in [0.717, 1.165) is 56.5 Å². The second-order valence-corrected chi connectivity index (χ2v) is 7.50. The lowest BCUT2D eigenvalue weighted by molar-refractivity contribution is -0.137. The van der Waals surface area contributed by atoms with Crippen LogP contribution in [-0.4, -0.2) is 22.6 Å². The number of rotatable bonds is 10. The number of carbonyl (C=O) groups is 1. The van der Waals surface area contributed by atoms with Crippen molar-refractivity contribution in [1.82, 2.24) is 4.98 Å². The highest BCUT2D eigenvalue weighted by molar-refractivity contribution is 5.68. The molecule has 0 saturated heterocycles. The van der Waals surface area contributed by atoms with Crippen LogP contribution < -0.4 is 5.32 Å². The zero-order valence-corrected chi connectivity index (χ0v) is 16.0. The fourth-order valence-electron chi connectivity index (χ4n) is 3.88. The Morgan fingerprint density at radius 3 is 2.70 bits per heavy atom. The summed E-state index contributed by atoms with van der Waals surface area (Å²) in [5.41, 5.74) is 3.66. The number of unbranched alkanes of at least 4 members (excludes halogenated alkanes) is 3. The maximum absolute atomic E-state index is 11.2. The number of hydrogen-bond donors (Lipinski definition) is 2. The van der Waals surface area contributed by atoms with Crippen LogP contribution in [0.4, 0.5) is 5.82 Å². The van der Waals surface area contributed by atoms with E-state index in [1.165, 1.54) is 24.1 Å². The van der Waals surface area contributed by atoms with Crippen molar-refractivity contribution in [3.63, 3.8) is 0 Å². The predicted molar refractivity (Wildman–Crippen MR) is 109 cm³/mol. The van der Waals surface area contributed by atoms with Crippen LogP contribution in [0.2, 0.25) is 0 Å². The van der Waals surface area contributed by atoms with Crippen LogP contribution in [0.5, 0.6) is 0 Å². The van der Waals surface area contributed by atoms with Gasteiger partial charge in [0.05, 0.1) is 6.42 Å². The Labute approximate surface area is 162 Å². The van der Waals surface area contributed by atoms with E-state index in [9.17, 15) is 9.90 Å². The summed E-state index contributed by atoms with van der Waals surface area (Å²) in [5.74, 6) is 0.492. The van der Waals surface area contributed by atoms with Gasteiger partial charge in [0.2, 0.25) is 0 Å². The summed E-state index contributed by atoms with van der Waals surface area (Å²) >= 11 is 0. The van der Waals surface area contributed by atoms with Crippen LogP contribution >= 0.6 is 0 Å². The monoisotopic (exact) mass is 366 g/mol. The molecule has 4 nitrogen and oxygen atoms in total. The molecule has 1 atom stereocenters. The van der Waals surface area contributed by atoms with Crippen molar-refractivity contribution in [1.29, 1.82) is 0 Å². The Balaban J connectivity index is 1.38. The topological polar surface area (TPSA) is 62.2 Å². The molecule has 1 unspecified atom stereocenters. The average Bonchev–Trinajstić information content (AvgIpc) is 2.70. The van der Waals surface area contributed by atoms with Crippen molar-refractivity contribution >= 4 is 11.8 Å². The van der Waals surface area contributed by atoms with Crippen LogP contribution in [0.3, 0.4) is 0 Å². The van der Waals surface area contributed by atoms with Crippen molar-refractivity contribution in [3.05, 3.63) is 59.3 Å². The largest absolute Gasteiger partial charge is 0.481 e. The molecule has 2 heterocycles. The van der Waals surface area contributed by atoms with Gasteiger partial charge in [0.1, 0.15) is 5.82 Å². The van der Waals surface area contributed by atoms with E-state index in [2.05, 4.69) is 17.4 Å². The Morgan fingerprint density at radius 1 is 1.07 bits per heavy atom. The Kier molecular flexibility index (Phi) is 7.26. The first-order valence-corrected chi connectivity index (χ1v) is 10.2. The first-order valence-electron chi connectivity index (χ1n) is 10.2. The summed E-state index contributed by atoms with van der Waals surface area (Å²) in [4.78, 5) is 15.9. The number of pyridine rings is 1. The highest BCUT2D eigenvalue weighted by Crippen LogP contribution is 2.26. The Morgan fingerprint density at radius 2 is 1.89 bits per heavy atom. The maximum Gasteiger partial charge on any atom is 0.303 e. The fraction of sp³-hybridized carbons (Fsp3) is 0.478. The number of nitrogens with zero attached hydrogens (tertiary/aromatic N) is 1. The van der Waals surface area contributed by atoms with Crippen molar-refractivity contribution in [2.45, 2.75) is 63.7 Å². The van der Waals surface area contributed by atoms with Gasteiger partial charge in [0.15, 0.2) is 0 Å². The molecule has 0 amide bonds. The average molecular weight is 367 g/mol. The zero-order valence-electron chi connectivity index (χ0n) is 16.0. The molecule has 0 aliphatic carbocycles. The number of aliphatic carboxylic acids is 1. The van der Waals surface area contributed by atoms with Gasteiger partial charge in [-0.2, -0.15) is 0 Å². The van der Waals surface area contributed by atoms with Crippen LogP contribution in [0.15, 0.2) is 42.5 Å². The number of aromatic nitrogens is 1. The molecule has 2 N–H and O–H groups in total. The number of carboxylic acid groups (broad SMARTS) is 1. The minimum Gasteiger partial charge on any atom is -0.481 e. The second-order valence-electron chi connectivity index (χ2n) is 7.50. The van der Waals surface area contributed by atoms with Gasteiger partial charge in [-0.25, -0.2) is 4.98 Å². The molecule has 3 rings (SSSR count). The lowest BCUT2D eigenvalue weighted by Gasteiger charge is -2.17. The molecule has 144 valence electrons. The maximum atomic E-state index is 11.2. The van der Waals surface area contributed by atoms with Crippen molar-refractivity contribution < 1.29 is 9.90 Å². The molecule has 0 bridgehead atoms. The van der Waals surface area contributed by atoms with Gasteiger partial charge >= 0.3 is 5.97 Å². The molecule has 0 radical (unpaired) electrons. The van der Waals surface area contributed by atoms with E-state index in [1.807, 2.05) is 30.3 Å². The third kappa shape index (κ3) is 6.09. The normalized spacial score (nSPS) is 14.2. The van der Waals surface area contributed by atoms with E-state index in [1.54, 1.807) is 0 Å². The molecule has 0 spiro atoms. The third-order valence-electron chi connectivity index (χ3n) is 5.38. The number of benzene rings is 1. The smallest absolute Gasteiger partial charge is 0.303 e. The Bertz CT molecular complexity index is 730. The molecule has 27 heavy (non-hydrogen) atoms. The minimum atomic E-state index is -0.712. The summed E-state index contributed by atoms with van der Waals surface area (Å²) in [6, 6.07) is 14.4. The predicted octanol–water partition coefficient (Wildman–Crippen LogP) is 5.19. The standard InChI is InChI=1S/C23H30N2O2/c26-22(27)17-20(18-9-5-3-6-10-18)11-4-1-2-7-13-21-15-14-19-12-8-16-24-23(19)25-21/h3,5-6,9-10,14-15,20H,1-2,4,7-8,11-13,16-17H2,(H,24,25)(H,26,27). The third-order valence-corrected chi connectivity index (χ3v) is 5.38. The summed E-state index contributed by atoms with van der Waals surface area (Å²) in [6.45, 7) is 1.03. The molecule has 0 saturated carbocycles. The second kappa shape index (κ2) is 10.1. The summed E-state index contributed by atoms with van der Waals surface area (Å²) in [7, 11) is 0. The van der Waals surface area contributed by atoms with Crippen LogP contribution in [0.25, 0.3) is 0 Å². The quantitative estimate of drug-likeness (QED) is 0.568. The molecular weight excluding hydrogens is 336 g/mol. The fourth-order valence-corrected chi connectivity index (χ4v) is 3.88. The Hall–Kier alpha value is -2.36. The molecule has 1 aliphatic rings. The lowest BCUT2D eigenvalue weighted by atomic mass is 9.90. The van der Waals surface area contributed by atoms with Gasteiger partial charge in [-0.05, 0) is 55.2 Å². The van der Waals surface area contributed by atoms with E-state index < -0.39 is 5.97 Å². The SMILES string of the molecule is O=C(O)CC(CCCCCCc1ccc2c(n1)NCCC2)c1ccccc1. The molecule has 1 aromatic heterocycles. The number of carboxylic acids is 1. The van der Waals surface area contributed by atoms with E-state index in [-0.39, 0.29) is 12.3 Å². The van der Waals surface area contributed by atoms with Gasteiger partial charge in [-0.1, -0.05) is 55.7 Å². The summed E-state index contributed by atoms with van der Waals surface area (Å²) in [5, 5.41) is 12.6. The molecular formula is C23H30N2O2. The highest BCUT2D eigenvalue weighted by Gasteiger charge is 2.15. The van der Waals surface area contributed by atoms with Crippen molar-refractivity contribution in [2.24, 2.45) is 0 Å². The highest BCUT2D eigenvalue weighted by atomic mass is 16.4. The van der Waals surface area contributed by atoms with Gasteiger partial charge in [0, 0.05) is 12.2 Å². The number of fused-ring (bicyclic) bond motifs is 1. The van der Waals surface area contributed by atoms with Gasteiger partial charge in [-0.15, -0.1) is 0 Å². The lowest BCUT2D eigenvalue weighted by Crippen LogP contribution is -2.13.